The highest BCUT2D eigenvalue weighted by molar-refractivity contribution is 7.17. The molecule has 2 aromatic heterocycles. The van der Waals surface area contributed by atoms with Gasteiger partial charge in [-0.3, -0.25) is 0 Å². The third-order valence-electron chi connectivity index (χ3n) is 3.65. The van der Waals surface area contributed by atoms with Gasteiger partial charge in [-0.05, 0) is 43.6 Å². The Morgan fingerprint density at radius 2 is 2.10 bits per heavy atom. The molecule has 0 amide bonds. The lowest BCUT2D eigenvalue weighted by Gasteiger charge is -2.22. The maximum absolute atomic E-state index is 10.2. The van der Waals surface area contributed by atoms with Crippen molar-refractivity contribution >= 4 is 27.4 Å². The molecule has 4 nitrogen and oxygen atoms in total. The summed E-state index contributed by atoms with van der Waals surface area (Å²) in [6.45, 7) is 10.7. The van der Waals surface area contributed by atoms with E-state index in [2.05, 4.69) is 34.5 Å². The van der Waals surface area contributed by atoms with Gasteiger partial charge < -0.3 is 10.4 Å². The van der Waals surface area contributed by atoms with Gasteiger partial charge in [0.2, 0.25) is 0 Å². The molecule has 2 heterocycles. The first-order chi connectivity index (χ1) is 9.82. The Labute approximate surface area is 130 Å². The van der Waals surface area contributed by atoms with Crippen LogP contribution in [0.3, 0.4) is 0 Å². The molecule has 2 N–H and O–H groups in total. The summed E-state index contributed by atoms with van der Waals surface area (Å²) in [5.41, 5.74) is 0.572. The largest absolute Gasteiger partial charge is 0.388 e. The fraction of sp³-hybridized carbons (Fsp3) is 0.625. The SMILES string of the molecule is CCC(C)(O)CNc1nc(C)nc2scc(CC(C)C)c12. The number of hydrogen-bond acceptors (Lipinski definition) is 5. The van der Waals surface area contributed by atoms with E-state index in [4.69, 9.17) is 0 Å². The zero-order valence-electron chi connectivity index (χ0n) is 13.5. The fourth-order valence-corrected chi connectivity index (χ4v) is 3.22. The minimum Gasteiger partial charge on any atom is -0.388 e. The van der Waals surface area contributed by atoms with Crippen LogP contribution in [-0.2, 0) is 6.42 Å². The average Bonchev–Trinajstić information content (AvgIpc) is 2.78. The molecule has 0 saturated carbocycles. The monoisotopic (exact) mass is 307 g/mol. The standard InChI is InChI=1S/C16H25N3OS/c1-6-16(5,20)9-17-14-13-12(7-10(2)3)8-21-15(13)19-11(4)18-14/h8,10,20H,6-7,9H2,1-5H3,(H,17,18,19). The maximum Gasteiger partial charge on any atom is 0.138 e. The van der Waals surface area contributed by atoms with Crippen molar-refractivity contribution < 1.29 is 5.11 Å². The third kappa shape index (κ3) is 3.92. The van der Waals surface area contributed by atoms with Crippen LogP contribution >= 0.6 is 11.3 Å². The normalized spacial score (nSPS) is 14.6. The van der Waals surface area contributed by atoms with Gasteiger partial charge in [-0.25, -0.2) is 9.97 Å². The molecular weight excluding hydrogens is 282 g/mol. The Balaban J connectivity index is 2.38. The minimum absolute atomic E-state index is 0.492. The molecule has 21 heavy (non-hydrogen) atoms. The first-order valence-corrected chi connectivity index (χ1v) is 8.41. The van der Waals surface area contributed by atoms with Crippen LogP contribution in [-0.4, -0.2) is 27.2 Å². The van der Waals surface area contributed by atoms with E-state index in [1.165, 1.54) is 5.56 Å². The summed E-state index contributed by atoms with van der Waals surface area (Å²) < 4.78 is 0. The van der Waals surface area contributed by atoms with Gasteiger partial charge in [0, 0.05) is 6.54 Å². The smallest absolute Gasteiger partial charge is 0.138 e. The molecule has 1 atom stereocenters. The van der Waals surface area contributed by atoms with Crippen LogP contribution in [0.5, 0.6) is 0 Å². The molecule has 0 spiro atoms. The molecule has 2 aromatic rings. The van der Waals surface area contributed by atoms with Crippen molar-refractivity contribution in [2.75, 3.05) is 11.9 Å². The Kier molecular flexibility index (Phi) is 4.84. The van der Waals surface area contributed by atoms with E-state index in [9.17, 15) is 5.11 Å². The third-order valence-corrected chi connectivity index (χ3v) is 4.57. The van der Waals surface area contributed by atoms with Gasteiger partial charge in [-0.2, -0.15) is 0 Å². The minimum atomic E-state index is -0.723. The number of aryl methyl sites for hydroxylation is 1. The van der Waals surface area contributed by atoms with Crippen LogP contribution in [0, 0.1) is 12.8 Å². The Hall–Kier alpha value is -1.20. The van der Waals surface area contributed by atoms with Gasteiger partial charge in [0.1, 0.15) is 16.5 Å². The number of rotatable bonds is 6. The number of fused-ring (bicyclic) bond motifs is 1. The Bertz CT molecular complexity index is 619. The molecule has 1 unspecified atom stereocenters. The van der Waals surface area contributed by atoms with Crippen LogP contribution in [0.25, 0.3) is 10.2 Å². The van der Waals surface area contributed by atoms with E-state index in [1.54, 1.807) is 11.3 Å². The number of aromatic nitrogens is 2. The predicted molar refractivity (Wildman–Crippen MR) is 90.1 cm³/mol. The number of aliphatic hydroxyl groups is 1. The van der Waals surface area contributed by atoms with Crippen LogP contribution < -0.4 is 5.32 Å². The molecule has 0 radical (unpaired) electrons. The van der Waals surface area contributed by atoms with E-state index in [0.29, 0.717) is 18.9 Å². The molecule has 116 valence electrons. The molecule has 0 fully saturated rings. The molecular formula is C16H25N3OS. The number of anilines is 1. The average molecular weight is 307 g/mol. The molecule has 0 saturated heterocycles. The van der Waals surface area contributed by atoms with E-state index in [0.717, 1.165) is 28.3 Å². The highest BCUT2D eigenvalue weighted by Gasteiger charge is 2.19. The van der Waals surface area contributed by atoms with E-state index in [-0.39, 0.29) is 0 Å². The van der Waals surface area contributed by atoms with Gasteiger partial charge in [-0.15, -0.1) is 11.3 Å². The second kappa shape index (κ2) is 6.28. The van der Waals surface area contributed by atoms with Crippen molar-refractivity contribution in [3.8, 4) is 0 Å². The van der Waals surface area contributed by atoms with Gasteiger partial charge >= 0.3 is 0 Å². The van der Waals surface area contributed by atoms with Crippen LogP contribution in [0.4, 0.5) is 5.82 Å². The lowest BCUT2D eigenvalue weighted by atomic mass is 10.0. The van der Waals surface area contributed by atoms with Crippen LogP contribution in [0.2, 0.25) is 0 Å². The molecule has 0 aromatic carbocycles. The van der Waals surface area contributed by atoms with Crippen molar-refractivity contribution in [2.24, 2.45) is 5.92 Å². The molecule has 5 heteroatoms. The lowest BCUT2D eigenvalue weighted by Crippen LogP contribution is -2.32. The molecule has 0 bridgehead atoms. The van der Waals surface area contributed by atoms with Gasteiger partial charge in [0.15, 0.2) is 0 Å². The van der Waals surface area contributed by atoms with Crippen molar-refractivity contribution in [1.29, 1.82) is 0 Å². The van der Waals surface area contributed by atoms with Crippen molar-refractivity contribution in [3.05, 3.63) is 16.8 Å². The quantitative estimate of drug-likeness (QED) is 0.853. The van der Waals surface area contributed by atoms with Crippen LogP contribution in [0.15, 0.2) is 5.38 Å². The highest BCUT2D eigenvalue weighted by Crippen LogP contribution is 2.31. The molecule has 0 aliphatic heterocycles. The summed E-state index contributed by atoms with van der Waals surface area (Å²) in [7, 11) is 0. The van der Waals surface area contributed by atoms with E-state index in [1.807, 2.05) is 20.8 Å². The first kappa shape index (κ1) is 16.2. The molecule has 0 aliphatic carbocycles. The van der Waals surface area contributed by atoms with Crippen molar-refractivity contribution in [3.63, 3.8) is 0 Å². The number of nitrogens with one attached hydrogen (secondary N) is 1. The first-order valence-electron chi connectivity index (χ1n) is 7.53. The summed E-state index contributed by atoms with van der Waals surface area (Å²) in [4.78, 5) is 10.1. The Morgan fingerprint density at radius 1 is 1.38 bits per heavy atom. The van der Waals surface area contributed by atoms with E-state index < -0.39 is 5.60 Å². The van der Waals surface area contributed by atoms with Gasteiger partial charge in [0.05, 0.1) is 11.0 Å². The zero-order chi connectivity index (χ0) is 15.6. The summed E-state index contributed by atoms with van der Waals surface area (Å²) in [6.07, 6.45) is 1.72. The summed E-state index contributed by atoms with van der Waals surface area (Å²) in [6, 6.07) is 0. The topological polar surface area (TPSA) is 58.0 Å². The molecule has 0 aliphatic rings. The summed E-state index contributed by atoms with van der Waals surface area (Å²) in [5.74, 6) is 2.21. The van der Waals surface area contributed by atoms with E-state index >= 15 is 0 Å². The second-order valence-corrected chi connectivity index (χ2v) is 7.22. The van der Waals surface area contributed by atoms with Crippen LogP contribution in [0.1, 0.15) is 45.5 Å². The van der Waals surface area contributed by atoms with Crippen molar-refractivity contribution in [2.45, 2.75) is 53.1 Å². The lowest BCUT2D eigenvalue weighted by molar-refractivity contribution is 0.0697. The summed E-state index contributed by atoms with van der Waals surface area (Å²) >= 11 is 1.67. The number of hydrogen-bond donors (Lipinski definition) is 2. The molecule has 2 rings (SSSR count). The van der Waals surface area contributed by atoms with Crippen molar-refractivity contribution in [1.82, 2.24) is 9.97 Å². The fourth-order valence-electron chi connectivity index (χ4n) is 2.22. The highest BCUT2D eigenvalue weighted by atomic mass is 32.1. The maximum atomic E-state index is 10.2. The number of nitrogens with zero attached hydrogens (tertiary/aromatic N) is 2. The Morgan fingerprint density at radius 3 is 2.71 bits per heavy atom. The predicted octanol–water partition coefficient (Wildman–Crippen LogP) is 3.77. The van der Waals surface area contributed by atoms with Gasteiger partial charge in [-0.1, -0.05) is 20.8 Å². The summed E-state index contributed by atoms with van der Waals surface area (Å²) in [5, 5.41) is 16.8. The van der Waals surface area contributed by atoms with Gasteiger partial charge in [0.25, 0.3) is 0 Å². The zero-order valence-corrected chi connectivity index (χ0v) is 14.3. The number of thiophene rings is 1. The second-order valence-electron chi connectivity index (χ2n) is 6.36.